The third kappa shape index (κ3) is 6.78. The summed E-state index contributed by atoms with van der Waals surface area (Å²) in [7, 11) is 0. The van der Waals surface area contributed by atoms with E-state index in [0.29, 0.717) is 23.1 Å². The number of carbonyl (C=O) groups is 2. The second kappa shape index (κ2) is 11.8. The second-order valence-corrected chi connectivity index (χ2v) is 10.2. The third-order valence-corrected chi connectivity index (χ3v) is 6.86. The Morgan fingerprint density at radius 3 is 2.32 bits per heavy atom. The molecule has 0 bridgehead atoms. The molecule has 3 rings (SSSR count). The second-order valence-electron chi connectivity index (χ2n) is 8.27. The summed E-state index contributed by atoms with van der Waals surface area (Å²) in [4.78, 5) is 28.5. The van der Waals surface area contributed by atoms with Gasteiger partial charge in [-0.25, -0.2) is 0 Å². The quantitative estimate of drug-likeness (QED) is 0.388. The van der Waals surface area contributed by atoms with Crippen LogP contribution in [0.15, 0.2) is 52.6 Å². The lowest BCUT2D eigenvalue weighted by Gasteiger charge is -2.15. The molecule has 0 saturated carbocycles. The first-order chi connectivity index (χ1) is 16.2. The number of hydrogen-bond donors (Lipinski definition) is 2. The van der Waals surface area contributed by atoms with Crippen molar-refractivity contribution >= 4 is 46.8 Å². The van der Waals surface area contributed by atoms with Crippen LogP contribution in [0, 0.1) is 6.92 Å². The zero-order chi connectivity index (χ0) is 24.8. The molecule has 2 amide bonds. The van der Waals surface area contributed by atoms with E-state index in [1.807, 2.05) is 24.3 Å². The minimum atomic E-state index is -0.239. The fourth-order valence-electron chi connectivity index (χ4n) is 3.73. The van der Waals surface area contributed by atoms with Crippen molar-refractivity contribution in [2.45, 2.75) is 56.6 Å². The van der Waals surface area contributed by atoms with E-state index in [1.54, 1.807) is 30.2 Å². The van der Waals surface area contributed by atoms with E-state index >= 15 is 0 Å². The molecular formula is C25H28Cl2N4O2S. The minimum absolute atomic E-state index is 0.0499. The molecule has 2 aromatic heterocycles. The first kappa shape index (κ1) is 26.1. The summed E-state index contributed by atoms with van der Waals surface area (Å²) in [6, 6.07) is 9.50. The van der Waals surface area contributed by atoms with Crippen LogP contribution in [-0.4, -0.2) is 27.9 Å². The van der Waals surface area contributed by atoms with Crippen molar-refractivity contribution in [3.63, 3.8) is 0 Å². The van der Waals surface area contributed by atoms with Gasteiger partial charge in [0.2, 0.25) is 11.8 Å². The van der Waals surface area contributed by atoms with Crippen molar-refractivity contribution in [1.29, 1.82) is 0 Å². The minimum Gasteiger partial charge on any atom is -0.350 e. The molecule has 34 heavy (non-hydrogen) atoms. The van der Waals surface area contributed by atoms with Crippen molar-refractivity contribution in [2.75, 3.05) is 6.54 Å². The summed E-state index contributed by atoms with van der Waals surface area (Å²) in [5.74, 6) is -0.268. The molecule has 0 spiro atoms. The molecule has 0 aliphatic carbocycles. The summed E-state index contributed by atoms with van der Waals surface area (Å²) in [6.07, 6.45) is 3.56. The highest BCUT2D eigenvalue weighted by Crippen LogP contribution is 2.41. The van der Waals surface area contributed by atoms with Crippen LogP contribution < -0.4 is 10.6 Å². The molecule has 6 nitrogen and oxygen atoms in total. The Morgan fingerprint density at radius 2 is 1.74 bits per heavy atom. The lowest BCUT2D eigenvalue weighted by atomic mass is 10.0. The summed E-state index contributed by atoms with van der Waals surface area (Å²) in [5.41, 5.74) is 4.41. The first-order valence-electron chi connectivity index (χ1n) is 10.9. The Morgan fingerprint density at radius 1 is 1.09 bits per heavy atom. The van der Waals surface area contributed by atoms with Crippen molar-refractivity contribution in [3.8, 4) is 0 Å². The van der Waals surface area contributed by atoms with Crippen LogP contribution in [0.1, 0.15) is 49.1 Å². The average molecular weight is 519 g/mol. The fraction of sp³-hybridized carbons (Fsp3) is 0.320. The molecule has 0 aliphatic rings. The number of halogens is 2. The predicted octanol–water partition coefficient (Wildman–Crippen LogP) is 5.57. The number of nitrogens with one attached hydrogen (secondary N) is 2. The van der Waals surface area contributed by atoms with Crippen molar-refractivity contribution in [2.24, 2.45) is 0 Å². The average Bonchev–Trinajstić information content (AvgIpc) is 3.01. The van der Waals surface area contributed by atoms with E-state index in [1.165, 1.54) is 6.92 Å². The molecule has 0 atom stereocenters. The normalized spacial score (nSPS) is 11.0. The Hall–Kier alpha value is -2.48. The van der Waals surface area contributed by atoms with Crippen LogP contribution in [-0.2, 0) is 22.7 Å². The van der Waals surface area contributed by atoms with Gasteiger partial charge in [0.05, 0.1) is 11.6 Å². The third-order valence-electron chi connectivity index (χ3n) is 5.32. The predicted molar refractivity (Wildman–Crippen MR) is 138 cm³/mol. The van der Waals surface area contributed by atoms with E-state index in [9.17, 15) is 9.59 Å². The Bertz CT molecular complexity index is 1160. The topological polar surface area (TPSA) is 76.0 Å². The Balaban J connectivity index is 2.03. The van der Waals surface area contributed by atoms with E-state index in [-0.39, 0.29) is 24.3 Å². The first-order valence-corrected chi connectivity index (χ1v) is 12.5. The van der Waals surface area contributed by atoms with E-state index in [0.717, 1.165) is 32.3 Å². The lowest BCUT2D eigenvalue weighted by Crippen LogP contribution is -2.35. The molecule has 0 aliphatic heterocycles. The molecule has 3 aromatic rings. The standard InChI is InChI=1S/C25H28Cl2N4O2S/c1-15(2)24-22(12-30-23(33)13-29-17(4)32)16(3)31(14-18-5-7-28-8-6-18)25(24)34-21-10-19(26)9-20(27)11-21/h5-11,15H,12-14H2,1-4H3,(H,29,32)(H,30,33). The molecule has 0 fully saturated rings. The van der Waals surface area contributed by atoms with Gasteiger partial charge >= 0.3 is 0 Å². The largest absolute Gasteiger partial charge is 0.350 e. The SMILES string of the molecule is CC(=O)NCC(=O)NCc1c(C(C)C)c(Sc2cc(Cl)cc(Cl)c2)n(Cc2ccncc2)c1C. The van der Waals surface area contributed by atoms with E-state index < -0.39 is 0 Å². The van der Waals surface area contributed by atoms with Gasteiger partial charge < -0.3 is 15.2 Å². The summed E-state index contributed by atoms with van der Waals surface area (Å²) in [5, 5.41) is 7.72. The van der Waals surface area contributed by atoms with Crippen LogP contribution in [0.5, 0.6) is 0 Å². The molecular weight excluding hydrogens is 491 g/mol. The van der Waals surface area contributed by atoms with Crippen LogP contribution in [0.2, 0.25) is 10.0 Å². The highest BCUT2D eigenvalue weighted by Gasteiger charge is 2.24. The molecule has 0 saturated heterocycles. The zero-order valence-electron chi connectivity index (χ0n) is 19.6. The van der Waals surface area contributed by atoms with Gasteiger partial charge in [-0.15, -0.1) is 0 Å². The van der Waals surface area contributed by atoms with Gasteiger partial charge in [0.25, 0.3) is 0 Å². The van der Waals surface area contributed by atoms with Crippen LogP contribution in [0.3, 0.4) is 0 Å². The monoisotopic (exact) mass is 518 g/mol. The van der Waals surface area contributed by atoms with Gasteiger partial charge in [0.15, 0.2) is 0 Å². The van der Waals surface area contributed by atoms with Crippen molar-refractivity contribution in [1.82, 2.24) is 20.2 Å². The maximum Gasteiger partial charge on any atom is 0.239 e. The number of benzene rings is 1. The lowest BCUT2D eigenvalue weighted by molar-refractivity contribution is -0.125. The van der Waals surface area contributed by atoms with Crippen LogP contribution in [0.4, 0.5) is 0 Å². The Kier molecular flexibility index (Phi) is 9.05. The zero-order valence-corrected chi connectivity index (χ0v) is 21.9. The number of pyridine rings is 1. The maximum absolute atomic E-state index is 12.3. The smallest absolute Gasteiger partial charge is 0.239 e. The number of hydrogen-bond acceptors (Lipinski definition) is 4. The summed E-state index contributed by atoms with van der Waals surface area (Å²) < 4.78 is 2.26. The molecule has 2 N–H and O–H groups in total. The fourth-order valence-corrected chi connectivity index (χ4v) is 5.76. The van der Waals surface area contributed by atoms with Gasteiger partial charge in [0.1, 0.15) is 0 Å². The van der Waals surface area contributed by atoms with Gasteiger partial charge in [-0.05, 0) is 59.9 Å². The highest BCUT2D eigenvalue weighted by atomic mass is 35.5. The van der Waals surface area contributed by atoms with E-state index in [4.69, 9.17) is 23.2 Å². The number of amides is 2. The number of aromatic nitrogens is 2. The van der Waals surface area contributed by atoms with Gasteiger partial charge in [0, 0.05) is 53.0 Å². The van der Waals surface area contributed by atoms with Gasteiger partial charge in [-0.1, -0.05) is 48.8 Å². The van der Waals surface area contributed by atoms with Crippen LogP contribution >= 0.6 is 35.0 Å². The van der Waals surface area contributed by atoms with Crippen molar-refractivity contribution < 1.29 is 9.59 Å². The number of rotatable bonds is 9. The van der Waals surface area contributed by atoms with Crippen LogP contribution in [0.25, 0.3) is 0 Å². The number of nitrogens with zero attached hydrogens (tertiary/aromatic N) is 2. The highest BCUT2D eigenvalue weighted by molar-refractivity contribution is 7.99. The number of carbonyl (C=O) groups excluding carboxylic acids is 2. The summed E-state index contributed by atoms with van der Waals surface area (Å²) >= 11 is 14.2. The molecule has 1 aromatic carbocycles. The maximum atomic E-state index is 12.3. The van der Waals surface area contributed by atoms with Gasteiger partial charge in [-0.2, -0.15) is 0 Å². The van der Waals surface area contributed by atoms with Gasteiger partial charge in [-0.3, -0.25) is 14.6 Å². The van der Waals surface area contributed by atoms with Crippen molar-refractivity contribution in [3.05, 3.63) is 75.2 Å². The van der Waals surface area contributed by atoms with E-state index in [2.05, 4.69) is 41.0 Å². The molecule has 2 heterocycles. The Labute approximate surface area is 214 Å². The summed E-state index contributed by atoms with van der Waals surface area (Å²) in [6.45, 7) is 8.71. The molecule has 180 valence electrons. The molecule has 9 heteroatoms. The molecule has 0 radical (unpaired) electrons. The molecule has 0 unspecified atom stereocenters.